The van der Waals surface area contributed by atoms with E-state index in [9.17, 15) is 5.11 Å². The summed E-state index contributed by atoms with van der Waals surface area (Å²) in [6.45, 7) is 9.54. The highest BCUT2D eigenvalue weighted by molar-refractivity contribution is 5.47. The molecule has 0 radical (unpaired) electrons. The first-order valence-corrected chi connectivity index (χ1v) is 7.05. The SMILES string of the molecule is CCC(C)c1cc(CNC)cc(C(C)CC)c1O. The van der Waals surface area contributed by atoms with Crippen LogP contribution in [0.5, 0.6) is 5.75 Å². The number of hydrogen-bond donors (Lipinski definition) is 2. The molecule has 2 heteroatoms. The van der Waals surface area contributed by atoms with Crippen molar-refractivity contribution in [1.82, 2.24) is 5.32 Å². The average Bonchev–Trinajstić information content (AvgIpc) is 2.39. The smallest absolute Gasteiger partial charge is 0.122 e. The summed E-state index contributed by atoms with van der Waals surface area (Å²) in [4.78, 5) is 0. The lowest BCUT2D eigenvalue weighted by Gasteiger charge is -2.20. The van der Waals surface area contributed by atoms with E-state index in [1.165, 1.54) is 5.56 Å². The normalized spacial score (nSPS) is 14.5. The van der Waals surface area contributed by atoms with Gasteiger partial charge in [0.2, 0.25) is 0 Å². The van der Waals surface area contributed by atoms with Crippen molar-refractivity contribution in [3.05, 3.63) is 28.8 Å². The van der Waals surface area contributed by atoms with Crippen LogP contribution in [0.25, 0.3) is 0 Å². The summed E-state index contributed by atoms with van der Waals surface area (Å²) in [6.07, 6.45) is 2.10. The maximum absolute atomic E-state index is 10.5. The first-order chi connectivity index (χ1) is 8.54. The highest BCUT2D eigenvalue weighted by Gasteiger charge is 2.17. The van der Waals surface area contributed by atoms with Crippen molar-refractivity contribution < 1.29 is 5.11 Å². The third-order valence-corrected chi connectivity index (χ3v) is 3.90. The Morgan fingerprint density at radius 1 is 1.06 bits per heavy atom. The predicted molar refractivity (Wildman–Crippen MR) is 78.3 cm³/mol. The second kappa shape index (κ2) is 6.79. The van der Waals surface area contributed by atoms with Crippen molar-refractivity contribution in [1.29, 1.82) is 0 Å². The molecule has 2 nitrogen and oxygen atoms in total. The molecule has 2 unspecified atom stereocenters. The van der Waals surface area contributed by atoms with Crippen molar-refractivity contribution in [3.63, 3.8) is 0 Å². The summed E-state index contributed by atoms with van der Waals surface area (Å²) in [5.74, 6) is 1.33. The number of benzene rings is 1. The molecule has 0 aromatic heterocycles. The van der Waals surface area contributed by atoms with E-state index in [4.69, 9.17) is 0 Å². The fourth-order valence-corrected chi connectivity index (χ4v) is 2.24. The van der Waals surface area contributed by atoms with E-state index in [0.29, 0.717) is 17.6 Å². The van der Waals surface area contributed by atoms with Crippen LogP contribution in [0.15, 0.2) is 12.1 Å². The van der Waals surface area contributed by atoms with Crippen LogP contribution >= 0.6 is 0 Å². The van der Waals surface area contributed by atoms with E-state index in [0.717, 1.165) is 30.5 Å². The second-order valence-electron chi connectivity index (χ2n) is 5.27. The van der Waals surface area contributed by atoms with Gasteiger partial charge in [-0.2, -0.15) is 0 Å². The Kier molecular flexibility index (Phi) is 5.67. The molecule has 18 heavy (non-hydrogen) atoms. The molecule has 0 saturated heterocycles. The molecule has 1 aromatic rings. The summed E-state index contributed by atoms with van der Waals surface area (Å²) in [5, 5.41) is 13.7. The first-order valence-electron chi connectivity index (χ1n) is 7.05. The van der Waals surface area contributed by atoms with Gasteiger partial charge < -0.3 is 10.4 Å². The molecule has 0 aliphatic rings. The predicted octanol–water partition coefficient (Wildman–Crippen LogP) is 4.14. The van der Waals surface area contributed by atoms with Crippen LogP contribution in [0.4, 0.5) is 0 Å². The molecule has 0 spiro atoms. The molecule has 0 heterocycles. The maximum Gasteiger partial charge on any atom is 0.122 e. The fraction of sp³-hybridized carbons (Fsp3) is 0.625. The van der Waals surface area contributed by atoms with Crippen molar-refractivity contribution in [3.8, 4) is 5.75 Å². The van der Waals surface area contributed by atoms with Crippen LogP contribution in [0.3, 0.4) is 0 Å². The molecule has 0 aliphatic carbocycles. The summed E-state index contributed by atoms with van der Waals surface area (Å²) >= 11 is 0. The van der Waals surface area contributed by atoms with Crippen molar-refractivity contribution >= 4 is 0 Å². The Labute approximate surface area is 111 Å². The summed E-state index contributed by atoms with van der Waals surface area (Å²) < 4.78 is 0. The van der Waals surface area contributed by atoms with Gasteiger partial charge in [0.05, 0.1) is 0 Å². The van der Waals surface area contributed by atoms with Crippen molar-refractivity contribution in [2.75, 3.05) is 7.05 Å². The Balaban J connectivity index is 3.28. The van der Waals surface area contributed by atoms with E-state index in [-0.39, 0.29) is 0 Å². The zero-order chi connectivity index (χ0) is 13.7. The average molecular weight is 249 g/mol. The largest absolute Gasteiger partial charge is 0.507 e. The molecule has 1 aromatic carbocycles. The number of phenols is 1. The van der Waals surface area contributed by atoms with Gasteiger partial charge in [0, 0.05) is 6.54 Å². The van der Waals surface area contributed by atoms with Gasteiger partial charge in [-0.3, -0.25) is 0 Å². The van der Waals surface area contributed by atoms with E-state index in [2.05, 4.69) is 45.1 Å². The molecule has 2 atom stereocenters. The van der Waals surface area contributed by atoms with Gasteiger partial charge in [-0.1, -0.05) is 39.8 Å². The highest BCUT2D eigenvalue weighted by Crippen LogP contribution is 2.37. The summed E-state index contributed by atoms with van der Waals surface area (Å²) in [6, 6.07) is 4.29. The van der Waals surface area contributed by atoms with Gasteiger partial charge in [0.25, 0.3) is 0 Å². The topological polar surface area (TPSA) is 32.3 Å². The van der Waals surface area contributed by atoms with E-state index in [1.807, 2.05) is 7.05 Å². The Morgan fingerprint density at radius 2 is 1.50 bits per heavy atom. The van der Waals surface area contributed by atoms with Gasteiger partial charge in [-0.05, 0) is 48.4 Å². The number of phenolic OH excluding ortho intramolecular Hbond substituents is 1. The molecular formula is C16H27NO. The Bertz CT molecular complexity index is 356. The van der Waals surface area contributed by atoms with Gasteiger partial charge in [-0.25, -0.2) is 0 Å². The standard InChI is InChI=1S/C16H27NO/c1-6-11(3)14-8-13(10-17-5)9-15(16(14)18)12(4)7-2/h8-9,11-12,17-18H,6-7,10H2,1-5H3. The lowest BCUT2D eigenvalue weighted by Crippen LogP contribution is -2.08. The number of rotatable bonds is 6. The second-order valence-corrected chi connectivity index (χ2v) is 5.27. The molecule has 0 amide bonds. The van der Waals surface area contributed by atoms with E-state index < -0.39 is 0 Å². The highest BCUT2D eigenvalue weighted by atomic mass is 16.3. The number of aromatic hydroxyl groups is 1. The minimum Gasteiger partial charge on any atom is -0.507 e. The third-order valence-electron chi connectivity index (χ3n) is 3.90. The van der Waals surface area contributed by atoms with Crippen LogP contribution in [0.1, 0.15) is 69.1 Å². The van der Waals surface area contributed by atoms with E-state index >= 15 is 0 Å². The van der Waals surface area contributed by atoms with Crippen LogP contribution in [-0.4, -0.2) is 12.2 Å². The van der Waals surface area contributed by atoms with Crippen molar-refractivity contribution in [2.45, 2.75) is 58.9 Å². The Hall–Kier alpha value is -1.02. The molecule has 102 valence electrons. The van der Waals surface area contributed by atoms with Gasteiger partial charge in [0.15, 0.2) is 0 Å². The molecule has 0 fully saturated rings. The molecular weight excluding hydrogens is 222 g/mol. The summed E-state index contributed by atoms with van der Waals surface area (Å²) in [5.41, 5.74) is 3.46. The maximum atomic E-state index is 10.5. The zero-order valence-corrected chi connectivity index (χ0v) is 12.4. The van der Waals surface area contributed by atoms with Crippen LogP contribution < -0.4 is 5.32 Å². The van der Waals surface area contributed by atoms with Gasteiger partial charge >= 0.3 is 0 Å². The minimum atomic E-state index is 0.407. The first kappa shape index (κ1) is 15.0. The number of hydrogen-bond acceptors (Lipinski definition) is 2. The van der Waals surface area contributed by atoms with Crippen LogP contribution in [0, 0.1) is 0 Å². The molecule has 2 N–H and O–H groups in total. The zero-order valence-electron chi connectivity index (χ0n) is 12.4. The quantitative estimate of drug-likeness (QED) is 0.794. The van der Waals surface area contributed by atoms with Crippen LogP contribution in [0.2, 0.25) is 0 Å². The molecule has 0 aliphatic heterocycles. The lowest BCUT2D eigenvalue weighted by molar-refractivity contribution is 0.448. The van der Waals surface area contributed by atoms with Gasteiger partial charge in [0.1, 0.15) is 5.75 Å². The molecule has 1 rings (SSSR count). The number of nitrogens with one attached hydrogen (secondary N) is 1. The van der Waals surface area contributed by atoms with E-state index in [1.54, 1.807) is 0 Å². The van der Waals surface area contributed by atoms with Crippen molar-refractivity contribution in [2.24, 2.45) is 0 Å². The molecule has 0 bridgehead atoms. The van der Waals surface area contributed by atoms with Gasteiger partial charge in [-0.15, -0.1) is 0 Å². The monoisotopic (exact) mass is 249 g/mol. The lowest BCUT2D eigenvalue weighted by atomic mass is 9.88. The third kappa shape index (κ3) is 3.26. The van der Waals surface area contributed by atoms with Crippen LogP contribution in [-0.2, 0) is 6.54 Å². The Morgan fingerprint density at radius 3 is 1.83 bits per heavy atom. The minimum absolute atomic E-state index is 0.407. The fourth-order valence-electron chi connectivity index (χ4n) is 2.24. The molecule has 0 saturated carbocycles. The summed E-state index contributed by atoms with van der Waals surface area (Å²) in [7, 11) is 1.96.